The summed E-state index contributed by atoms with van der Waals surface area (Å²) in [5, 5.41) is 5.17. The highest BCUT2D eigenvalue weighted by Crippen LogP contribution is 2.27. The van der Waals surface area contributed by atoms with Gasteiger partial charge in [-0.15, -0.1) is 0 Å². The zero-order valence-electron chi connectivity index (χ0n) is 15.0. The Bertz CT molecular complexity index is 960. The summed E-state index contributed by atoms with van der Waals surface area (Å²) < 4.78 is 12.5. The van der Waals surface area contributed by atoms with Gasteiger partial charge in [-0.05, 0) is 23.8 Å². The van der Waals surface area contributed by atoms with Crippen molar-refractivity contribution in [3.8, 4) is 11.5 Å². The number of nitrogens with one attached hydrogen (secondary N) is 1. The number of hydrazone groups is 1. The van der Waals surface area contributed by atoms with E-state index >= 15 is 0 Å². The van der Waals surface area contributed by atoms with Crippen molar-refractivity contribution in [1.29, 1.82) is 0 Å². The summed E-state index contributed by atoms with van der Waals surface area (Å²) in [7, 11) is 5.12. The number of rotatable bonds is 6. The van der Waals surface area contributed by atoms with Crippen molar-refractivity contribution in [2.45, 2.75) is 6.42 Å². The van der Waals surface area contributed by atoms with Gasteiger partial charge in [0.05, 0.1) is 26.9 Å². The summed E-state index contributed by atoms with van der Waals surface area (Å²) in [6, 6.07) is 13.4. The highest BCUT2D eigenvalue weighted by molar-refractivity contribution is 5.99. The molecule has 3 rings (SSSR count). The third-order valence-corrected chi connectivity index (χ3v) is 4.13. The molecule has 6 nitrogen and oxygen atoms in total. The van der Waals surface area contributed by atoms with E-state index in [2.05, 4.69) is 10.5 Å². The lowest BCUT2D eigenvalue weighted by molar-refractivity contribution is -0.120. The molecule has 0 aliphatic heterocycles. The molecule has 0 saturated carbocycles. The maximum Gasteiger partial charge on any atom is 0.244 e. The van der Waals surface area contributed by atoms with Crippen LogP contribution in [-0.2, 0) is 18.3 Å². The van der Waals surface area contributed by atoms with Crippen LogP contribution in [0, 0.1) is 0 Å². The molecule has 0 saturated heterocycles. The maximum absolute atomic E-state index is 12.1. The fourth-order valence-corrected chi connectivity index (χ4v) is 2.87. The molecule has 3 aromatic rings. The van der Waals surface area contributed by atoms with Gasteiger partial charge in [-0.2, -0.15) is 5.10 Å². The summed E-state index contributed by atoms with van der Waals surface area (Å²) in [4.78, 5) is 12.1. The number of carbonyl (C=O) groups excluding carboxylic acids is 1. The van der Waals surface area contributed by atoms with Gasteiger partial charge in [-0.3, -0.25) is 4.79 Å². The Balaban J connectivity index is 1.66. The fourth-order valence-electron chi connectivity index (χ4n) is 2.87. The molecule has 6 heteroatoms. The van der Waals surface area contributed by atoms with E-state index in [0.29, 0.717) is 11.5 Å². The highest BCUT2D eigenvalue weighted by atomic mass is 16.5. The van der Waals surface area contributed by atoms with Crippen LogP contribution in [0.1, 0.15) is 11.1 Å². The molecule has 1 aromatic heterocycles. The average molecular weight is 351 g/mol. The van der Waals surface area contributed by atoms with Crippen molar-refractivity contribution in [3.63, 3.8) is 0 Å². The minimum Gasteiger partial charge on any atom is -0.493 e. The third-order valence-electron chi connectivity index (χ3n) is 4.13. The van der Waals surface area contributed by atoms with E-state index in [0.717, 1.165) is 22.0 Å². The van der Waals surface area contributed by atoms with Crippen LogP contribution in [0.15, 0.2) is 53.8 Å². The van der Waals surface area contributed by atoms with E-state index < -0.39 is 0 Å². The van der Waals surface area contributed by atoms with E-state index in [1.54, 1.807) is 32.6 Å². The fraction of sp³-hybridized carbons (Fsp3) is 0.200. The van der Waals surface area contributed by atoms with E-state index in [4.69, 9.17) is 9.47 Å². The molecular formula is C20H21N3O3. The zero-order chi connectivity index (χ0) is 18.5. The van der Waals surface area contributed by atoms with Crippen molar-refractivity contribution in [2.24, 2.45) is 12.1 Å². The molecule has 0 aliphatic rings. The minimum absolute atomic E-state index is 0.200. The summed E-state index contributed by atoms with van der Waals surface area (Å²) in [6.07, 6.45) is 3.84. The Morgan fingerprint density at radius 1 is 1.15 bits per heavy atom. The van der Waals surface area contributed by atoms with Gasteiger partial charge in [0.15, 0.2) is 11.5 Å². The number of aryl methyl sites for hydroxylation is 1. The monoisotopic (exact) mass is 351 g/mol. The molecular weight excluding hydrogens is 330 g/mol. The number of methoxy groups -OCH3 is 2. The molecule has 0 fully saturated rings. The standard InChI is InChI=1S/C20H21N3O3/c1-23-13-15(16-6-4-5-7-17(16)23)12-21-22-20(24)11-14-8-9-18(25-2)19(10-14)26-3/h4-10,12-13H,11H2,1-3H3,(H,22,24)/b21-12+. The number of fused-ring (bicyclic) bond motifs is 1. The molecule has 1 N–H and O–H groups in total. The minimum atomic E-state index is -0.200. The first-order valence-electron chi connectivity index (χ1n) is 8.19. The molecule has 0 radical (unpaired) electrons. The van der Waals surface area contributed by atoms with Crippen LogP contribution in [0.5, 0.6) is 11.5 Å². The van der Waals surface area contributed by atoms with E-state index in [1.165, 1.54) is 0 Å². The van der Waals surface area contributed by atoms with Gasteiger partial charge in [0.2, 0.25) is 5.91 Å². The molecule has 134 valence electrons. The lowest BCUT2D eigenvalue weighted by atomic mass is 10.1. The summed E-state index contributed by atoms with van der Waals surface area (Å²) in [5.74, 6) is 1.02. The molecule has 0 unspecified atom stereocenters. The zero-order valence-corrected chi connectivity index (χ0v) is 15.0. The number of benzene rings is 2. The van der Waals surface area contributed by atoms with E-state index in [9.17, 15) is 4.79 Å². The van der Waals surface area contributed by atoms with Crippen LogP contribution in [0.4, 0.5) is 0 Å². The Hall–Kier alpha value is -3.28. The second-order valence-electron chi connectivity index (χ2n) is 5.87. The molecule has 2 aromatic carbocycles. The smallest absolute Gasteiger partial charge is 0.244 e. The van der Waals surface area contributed by atoms with Crippen molar-refractivity contribution in [2.75, 3.05) is 14.2 Å². The van der Waals surface area contributed by atoms with E-state index in [1.807, 2.05) is 48.1 Å². The van der Waals surface area contributed by atoms with Crippen molar-refractivity contribution in [3.05, 3.63) is 59.8 Å². The van der Waals surface area contributed by atoms with Gasteiger partial charge < -0.3 is 14.0 Å². The number of aromatic nitrogens is 1. The molecule has 0 bridgehead atoms. The van der Waals surface area contributed by atoms with Crippen LogP contribution in [-0.4, -0.2) is 30.9 Å². The average Bonchev–Trinajstić information content (AvgIpc) is 2.98. The Kier molecular flexibility index (Phi) is 5.22. The van der Waals surface area contributed by atoms with Gasteiger partial charge in [0.25, 0.3) is 0 Å². The number of ether oxygens (including phenoxy) is 2. The van der Waals surface area contributed by atoms with Gasteiger partial charge >= 0.3 is 0 Å². The van der Waals surface area contributed by atoms with E-state index in [-0.39, 0.29) is 12.3 Å². The number of hydrogen-bond acceptors (Lipinski definition) is 4. The van der Waals surface area contributed by atoms with Crippen molar-refractivity contribution >= 4 is 23.0 Å². The summed E-state index contributed by atoms with van der Waals surface area (Å²) in [6.45, 7) is 0. The Morgan fingerprint density at radius 2 is 1.92 bits per heavy atom. The lowest BCUT2D eigenvalue weighted by Gasteiger charge is -2.09. The summed E-state index contributed by atoms with van der Waals surface area (Å²) >= 11 is 0. The Labute approximate surface area is 152 Å². The van der Waals surface area contributed by atoms with Gasteiger partial charge in [-0.1, -0.05) is 24.3 Å². The van der Waals surface area contributed by atoms with Crippen molar-refractivity contribution < 1.29 is 14.3 Å². The van der Waals surface area contributed by atoms with Gasteiger partial charge in [0, 0.05) is 29.7 Å². The number of hydrogen-bond donors (Lipinski definition) is 1. The second kappa shape index (κ2) is 7.74. The summed E-state index contributed by atoms with van der Waals surface area (Å²) in [5.41, 5.74) is 5.46. The van der Waals surface area contributed by atoms with Crippen LogP contribution in [0.2, 0.25) is 0 Å². The molecule has 0 atom stereocenters. The van der Waals surface area contributed by atoms with Crippen molar-refractivity contribution in [1.82, 2.24) is 9.99 Å². The lowest BCUT2D eigenvalue weighted by Crippen LogP contribution is -2.19. The number of amides is 1. The number of carbonyl (C=O) groups is 1. The van der Waals surface area contributed by atoms with Crippen LogP contribution in [0.25, 0.3) is 10.9 Å². The SMILES string of the molecule is COc1ccc(CC(=O)N/N=C/c2cn(C)c3ccccc23)cc1OC. The molecule has 0 spiro atoms. The topological polar surface area (TPSA) is 64.8 Å². The van der Waals surface area contributed by atoms with Crippen LogP contribution in [0.3, 0.4) is 0 Å². The predicted octanol–water partition coefficient (Wildman–Crippen LogP) is 2.89. The number of para-hydroxylation sites is 1. The molecule has 0 aliphatic carbocycles. The van der Waals surface area contributed by atoms with Gasteiger partial charge in [0.1, 0.15) is 0 Å². The predicted molar refractivity (Wildman–Crippen MR) is 102 cm³/mol. The quantitative estimate of drug-likeness (QED) is 0.549. The van der Waals surface area contributed by atoms with Crippen LogP contribution < -0.4 is 14.9 Å². The van der Waals surface area contributed by atoms with Crippen LogP contribution >= 0.6 is 0 Å². The first-order valence-corrected chi connectivity index (χ1v) is 8.19. The molecule has 26 heavy (non-hydrogen) atoms. The maximum atomic E-state index is 12.1. The third kappa shape index (κ3) is 3.69. The Morgan fingerprint density at radius 3 is 2.69 bits per heavy atom. The first-order chi connectivity index (χ1) is 12.6. The van der Waals surface area contributed by atoms with Gasteiger partial charge in [-0.25, -0.2) is 5.43 Å². The first kappa shape index (κ1) is 17.5. The largest absolute Gasteiger partial charge is 0.493 e. The highest BCUT2D eigenvalue weighted by Gasteiger charge is 2.08. The molecule has 1 amide bonds. The second-order valence-corrected chi connectivity index (χ2v) is 5.87. The normalized spacial score (nSPS) is 11.0. The number of nitrogens with zero attached hydrogens (tertiary/aromatic N) is 2. The molecule has 1 heterocycles.